The average molecular weight is 452 g/mol. The number of nitrogens with zero attached hydrogens (tertiary/aromatic N) is 2. The van der Waals surface area contributed by atoms with Crippen LogP contribution in [-0.2, 0) is 19.9 Å². The summed E-state index contributed by atoms with van der Waals surface area (Å²) in [4.78, 5) is 14.8. The van der Waals surface area contributed by atoms with Gasteiger partial charge in [-0.2, -0.15) is 4.31 Å². The van der Waals surface area contributed by atoms with E-state index in [0.717, 1.165) is 12.8 Å². The summed E-state index contributed by atoms with van der Waals surface area (Å²) < 4.78 is 51.0. The van der Waals surface area contributed by atoms with E-state index < -0.39 is 25.8 Å². The molecule has 0 aliphatic carbocycles. The number of carbonyl (C=O) groups is 1. The molecule has 1 amide bonds. The van der Waals surface area contributed by atoms with E-state index in [0.29, 0.717) is 31.9 Å². The Balaban J connectivity index is 1.75. The van der Waals surface area contributed by atoms with Crippen molar-refractivity contribution in [2.75, 3.05) is 44.3 Å². The molecule has 0 saturated carbocycles. The molecule has 0 aromatic heterocycles. The van der Waals surface area contributed by atoms with Gasteiger partial charge < -0.3 is 10.2 Å². The predicted molar refractivity (Wildman–Crippen MR) is 115 cm³/mol. The Labute approximate surface area is 177 Å². The summed E-state index contributed by atoms with van der Waals surface area (Å²) in [6, 6.07) is 11.8. The molecule has 0 atom stereocenters. The lowest BCUT2D eigenvalue weighted by Crippen LogP contribution is -2.48. The summed E-state index contributed by atoms with van der Waals surface area (Å²) in [5, 5.41) is 2.62. The highest BCUT2D eigenvalue weighted by atomic mass is 32.2. The van der Waals surface area contributed by atoms with Crippen molar-refractivity contribution in [1.82, 2.24) is 9.21 Å². The van der Waals surface area contributed by atoms with E-state index in [1.807, 2.05) is 6.92 Å². The van der Waals surface area contributed by atoms with E-state index in [-0.39, 0.29) is 15.4 Å². The van der Waals surface area contributed by atoms with Gasteiger partial charge in [-0.05, 0) is 42.9 Å². The number of hydrogen-bond acceptors (Lipinski definition) is 6. The molecule has 1 heterocycles. The molecule has 2 aromatic carbocycles. The van der Waals surface area contributed by atoms with Gasteiger partial charge in [0.2, 0.25) is 10.0 Å². The molecule has 1 aliphatic heterocycles. The van der Waals surface area contributed by atoms with Crippen LogP contribution in [0.1, 0.15) is 17.3 Å². The van der Waals surface area contributed by atoms with Crippen LogP contribution < -0.4 is 5.32 Å². The van der Waals surface area contributed by atoms with Gasteiger partial charge in [0.05, 0.1) is 15.4 Å². The van der Waals surface area contributed by atoms with Gasteiger partial charge in [-0.1, -0.05) is 19.1 Å². The van der Waals surface area contributed by atoms with Crippen LogP contribution in [0.2, 0.25) is 0 Å². The van der Waals surface area contributed by atoms with Gasteiger partial charge in [-0.15, -0.1) is 0 Å². The number of sulfone groups is 1. The Kier molecular flexibility index (Phi) is 6.61. The molecular formula is C20H25N3O5S2. The number of piperazine rings is 1. The van der Waals surface area contributed by atoms with Gasteiger partial charge in [-0.3, -0.25) is 4.79 Å². The molecule has 162 valence electrons. The Morgan fingerprint density at radius 3 is 2.10 bits per heavy atom. The topological polar surface area (TPSA) is 104 Å². The number of nitrogens with one attached hydrogen (secondary N) is 1. The number of sulfonamides is 1. The molecule has 0 spiro atoms. The molecule has 0 bridgehead atoms. The zero-order valence-electron chi connectivity index (χ0n) is 16.9. The van der Waals surface area contributed by atoms with Crippen molar-refractivity contribution in [1.29, 1.82) is 0 Å². The van der Waals surface area contributed by atoms with Gasteiger partial charge in [0, 0.05) is 38.1 Å². The normalized spacial score (nSPS) is 16.3. The van der Waals surface area contributed by atoms with Crippen LogP contribution in [0.3, 0.4) is 0 Å². The zero-order valence-corrected chi connectivity index (χ0v) is 18.5. The Hall–Kier alpha value is -2.27. The van der Waals surface area contributed by atoms with Crippen LogP contribution in [-0.4, -0.2) is 70.9 Å². The molecule has 2 aromatic rings. The van der Waals surface area contributed by atoms with E-state index >= 15 is 0 Å². The first-order valence-corrected chi connectivity index (χ1v) is 12.9. The van der Waals surface area contributed by atoms with Crippen molar-refractivity contribution in [3.8, 4) is 0 Å². The lowest BCUT2D eigenvalue weighted by Gasteiger charge is -2.33. The Morgan fingerprint density at radius 2 is 1.53 bits per heavy atom. The number of hydrogen-bond donors (Lipinski definition) is 1. The van der Waals surface area contributed by atoms with Crippen molar-refractivity contribution in [3.63, 3.8) is 0 Å². The van der Waals surface area contributed by atoms with Gasteiger partial charge >= 0.3 is 0 Å². The highest BCUT2D eigenvalue weighted by molar-refractivity contribution is 7.90. The van der Waals surface area contributed by atoms with Crippen LogP contribution in [0.15, 0.2) is 58.3 Å². The van der Waals surface area contributed by atoms with Crippen molar-refractivity contribution < 1.29 is 21.6 Å². The van der Waals surface area contributed by atoms with Crippen molar-refractivity contribution in [2.45, 2.75) is 16.7 Å². The quantitative estimate of drug-likeness (QED) is 0.717. The first kappa shape index (κ1) is 22.4. The van der Waals surface area contributed by atoms with E-state index in [1.54, 1.807) is 12.1 Å². The SMILES string of the molecule is CCN1CCN(S(=O)(=O)c2ccc(NC(=O)c3ccccc3S(C)(=O)=O)cc2)CC1. The molecule has 1 saturated heterocycles. The van der Waals surface area contributed by atoms with Crippen LogP contribution in [0.5, 0.6) is 0 Å². The lowest BCUT2D eigenvalue weighted by molar-refractivity contribution is 0.102. The third-order valence-corrected chi connectivity index (χ3v) is 8.13. The molecule has 8 nitrogen and oxygen atoms in total. The maximum atomic E-state index is 12.8. The van der Waals surface area contributed by atoms with Crippen molar-refractivity contribution in [2.24, 2.45) is 0 Å². The summed E-state index contributed by atoms with van der Waals surface area (Å²) in [5.41, 5.74) is 0.406. The number of benzene rings is 2. The molecule has 0 unspecified atom stereocenters. The lowest BCUT2D eigenvalue weighted by atomic mass is 10.2. The summed E-state index contributed by atoms with van der Waals surface area (Å²) in [7, 11) is -7.17. The standard InChI is InChI=1S/C20H25N3O5S2/c1-3-22-12-14-23(15-13-22)30(27,28)17-10-8-16(9-11-17)21-20(24)18-6-4-5-7-19(18)29(2,25)26/h4-11H,3,12-15H2,1-2H3,(H,21,24). The zero-order chi connectivity index (χ0) is 21.9. The molecule has 3 rings (SSSR count). The van der Waals surface area contributed by atoms with Gasteiger partial charge in [0.25, 0.3) is 5.91 Å². The van der Waals surface area contributed by atoms with E-state index in [9.17, 15) is 21.6 Å². The number of anilines is 1. The summed E-state index contributed by atoms with van der Waals surface area (Å²) >= 11 is 0. The number of amides is 1. The fourth-order valence-corrected chi connectivity index (χ4v) is 5.63. The van der Waals surface area contributed by atoms with E-state index in [1.165, 1.54) is 40.7 Å². The maximum absolute atomic E-state index is 12.8. The average Bonchev–Trinajstić information content (AvgIpc) is 2.73. The predicted octanol–water partition coefficient (Wildman–Crippen LogP) is 1.67. The number of carbonyl (C=O) groups excluding carboxylic acids is 1. The highest BCUT2D eigenvalue weighted by Crippen LogP contribution is 2.21. The highest BCUT2D eigenvalue weighted by Gasteiger charge is 2.28. The van der Waals surface area contributed by atoms with Crippen LogP contribution >= 0.6 is 0 Å². The second kappa shape index (κ2) is 8.84. The molecule has 10 heteroatoms. The van der Waals surface area contributed by atoms with Crippen LogP contribution in [0, 0.1) is 0 Å². The molecule has 1 aliphatic rings. The number of likely N-dealkylation sites (N-methyl/N-ethyl adjacent to an activating group) is 1. The minimum absolute atomic E-state index is 0.0329. The van der Waals surface area contributed by atoms with Crippen molar-refractivity contribution >= 4 is 31.5 Å². The second-order valence-electron chi connectivity index (χ2n) is 7.09. The minimum Gasteiger partial charge on any atom is -0.322 e. The first-order chi connectivity index (χ1) is 14.1. The van der Waals surface area contributed by atoms with Gasteiger partial charge in [0.1, 0.15) is 0 Å². The van der Waals surface area contributed by atoms with Crippen LogP contribution in [0.4, 0.5) is 5.69 Å². The molecule has 30 heavy (non-hydrogen) atoms. The third-order valence-electron chi connectivity index (χ3n) is 5.06. The maximum Gasteiger partial charge on any atom is 0.256 e. The van der Waals surface area contributed by atoms with Gasteiger partial charge in [-0.25, -0.2) is 16.8 Å². The molecular weight excluding hydrogens is 426 g/mol. The first-order valence-electron chi connectivity index (χ1n) is 9.56. The van der Waals surface area contributed by atoms with Crippen LogP contribution in [0.25, 0.3) is 0 Å². The van der Waals surface area contributed by atoms with E-state index in [2.05, 4.69) is 10.2 Å². The number of rotatable bonds is 6. The fraction of sp³-hybridized carbons (Fsp3) is 0.350. The fourth-order valence-electron chi connectivity index (χ4n) is 3.32. The summed E-state index contributed by atoms with van der Waals surface area (Å²) in [6.45, 7) is 5.22. The van der Waals surface area contributed by atoms with Crippen molar-refractivity contribution in [3.05, 3.63) is 54.1 Å². The Bertz CT molecular complexity index is 1120. The Morgan fingerprint density at radius 1 is 0.933 bits per heavy atom. The van der Waals surface area contributed by atoms with Gasteiger partial charge in [0.15, 0.2) is 9.84 Å². The summed E-state index contributed by atoms with van der Waals surface area (Å²) in [5.74, 6) is -0.581. The monoisotopic (exact) mass is 451 g/mol. The third kappa shape index (κ3) is 4.89. The smallest absolute Gasteiger partial charge is 0.256 e. The minimum atomic E-state index is -3.60. The largest absolute Gasteiger partial charge is 0.322 e. The second-order valence-corrected chi connectivity index (χ2v) is 11.0. The molecule has 1 N–H and O–H groups in total. The molecule has 0 radical (unpaired) electrons. The molecule has 1 fully saturated rings. The summed E-state index contributed by atoms with van der Waals surface area (Å²) in [6.07, 6.45) is 1.04. The van der Waals surface area contributed by atoms with E-state index in [4.69, 9.17) is 0 Å².